The van der Waals surface area contributed by atoms with E-state index in [1.807, 2.05) is 6.92 Å². The fraction of sp³-hybridized carbons (Fsp3) is 0.611. The lowest BCUT2D eigenvalue weighted by molar-refractivity contribution is -0.125. The largest absolute Gasteiger partial charge is 0.354 e. The summed E-state index contributed by atoms with van der Waals surface area (Å²) in [5.74, 6) is 1.09. The topological polar surface area (TPSA) is 32.3 Å². The van der Waals surface area contributed by atoms with Crippen molar-refractivity contribution < 1.29 is 4.79 Å². The van der Waals surface area contributed by atoms with Crippen molar-refractivity contribution in [3.8, 4) is 0 Å². The van der Waals surface area contributed by atoms with E-state index < -0.39 is 0 Å². The van der Waals surface area contributed by atoms with Crippen LogP contribution in [-0.2, 0) is 4.79 Å². The molecule has 1 aromatic carbocycles. The molecule has 122 valence electrons. The van der Waals surface area contributed by atoms with Crippen LogP contribution in [0.5, 0.6) is 0 Å². The van der Waals surface area contributed by atoms with E-state index in [-0.39, 0.29) is 11.9 Å². The Balaban J connectivity index is 1.67. The Hall–Kier alpha value is -1.00. The second-order valence-electron chi connectivity index (χ2n) is 6.08. The highest BCUT2D eigenvalue weighted by molar-refractivity contribution is 7.99. The third kappa shape index (κ3) is 5.65. The molecule has 0 radical (unpaired) electrons. The van der Waals surface area contributed by atoms with Gasteiger partial charge in [-0.1, -0.05) is 30.5 Å². The highest BCUT2D eigenvalue weighted by atomic mass is 32.2. The summed E-state index contributed by atoms with van der Waals surface area (Å²) in [5.41, 5.74) is 1.28. The summed E-state index contributed by atoms with van der Waals surface area (Å²) in [6.07, 6.45) is 5.05. The van der Waals surface area contributed by atoms with E-state index in [0.29, 0.717) is 0 Å². The van der Waals surface area contributed by atoms with Gasteiger partial charge in [-0.25, -0.2) is 0 Å². The first-order valence-corrected chi connectivity index (χ1v) is 9.36. The molecule has 1 aliphatic rings. The van der Waals surface area contributed by atoms with E-state index in [9.17, 15) is 4.79 Å². The predicted octanol–water partition coefficient (Wildman–Crippen LogP) is 3.47. The summed E-state index contributed by atoms with van der Waals surface area (Å²) in [6, 6.07) is 8.54. The number of thioether (sulfide) groups is 1. The number of rotatable bonds is 6. The van der Waals surface area contributed by atoms with Crippen molar-refractivity contribution in [1.29, 1.82) is 0 Å². The number of hydrogen-bond acceptors (Lipinski definition) is 3. The van der Waals surface area contributed by atoms with Crippen molar-refractivity contribution in [3.05, 3.63) is 29.8 Å². The number of benzene rings is 1. The van der Waals surface area contributed by atoms with Crippen LogP contribution in [0.4, 0.5) is 0 Å². The van der Waals surface area contributed by atoms with E-state index in [2.05, 4.69) is 41.4 Å². The second-order valence-corrected chi connectivity index (χ2v) is 7.25. The highest BCUT2D eigenvalue weighted by Crippen LogP contribution is 2.17. The number of nitrogens with zero attached hydrogens (tertiary/aromatic N) is 1. The minimum Gasteiger partial charge on any atom is -0.354 e. The van der Waals surface area contributed by atoms with Crippen LogP contribution >= 0.6 is 11.8 Å². The van der Waals surface area contributed by atoms with E-state index in [4.69, 9.17) is 0 Å². The molecular weight excluding hydrogens is 292 g/mol. The smallest absolute Gasteiger partial charge is 0.237 e. The van der Waals surface area contributed by atoms with Gasteiger partial charge < -0.3 is 5.32 Å². The first kappa shape index (κ1) is 17.4. The molecule has 0 spiro atoms. The predicted molar refractivity (Wildman–Crippen MR) is 94.4 cm³/mol. The van der Waals surface area contributed by atoms with E-state index in [0.717, 1.165) is 25.4 Å². The summed E-state index contributed by atoms with van der Waals surface area (Å²) in [4.78, 5) is 15.8. The van der Waals surface area contributed by atoms with Crippen molar-refractivity contribution >= 4 is 17.7 Å². The average molecular weight is 321 g/mol. The molecule has 1 N–H and O–H groups in total. The van der Waals surface area contributed by atoms with Crippen LogP contribution in [0.2, 0.25) is 0 Å². The van der Waals surface area contributed by atoms with Gasteiger partial charge in [-0.3, -0.25) is 9.69 Å². The quantitative estimate of drug-likeness (QED) is 0.643. The Morgan fingerprint density at radius 3 is 2.45 bits per heavy atom. The van der Waals surface area contributed by atoms with E-state index >= 15 is 0 Å². The van der Waals surface area contributed by atoms with Gasteiger partial charge in [0.1, 0.15) is 0 Å². The zero-order valence-electron chi connectivity index (χ0n) is 13.8. The number of likely N-dealkylation sites (tertiary alicyclic amines) is 1. The Morgan fingerprint density at radius 1 is 1.18 bits per heavy atom. The Bertz CT molecular complexity index is 453. The fourth-order valence-electron chi connectivity index (χ4n) is 2.77. The van der Waals surface area contributed by atoms with Gasteiger partial charge in [-0.05, 0) is 51.9 Å². The van der Waals surface area contributed by atoms with Crippen LogP contribution < -0.4 is 5.32 Å². The third-order valence-electron chi connectivity index (χ3n) is 4.26. The molecule has 1 amide bonds. The maximum Gasteiger partial charge on any atom is 0.237 e. The Labute approximate surface area is 138 Å². The van der Waals surface area contributed by atoms with Gasteiger partial charge in [0.2, 0.25) is 5.91 Å². The van der Waals surface area contributed by atoms with Crippen molar-refractivity contribution in [3.63, 3.8) is 0 Å². The summed E-state index contributed by atoms with van der Waals surface area (Å²) in [6.45, 7) is 6.99. The lowest BCUT2D eigenvalue weighted by Crippen LogP contribution is -2.46. The monoisotopic (exact) mass is 320 g/mol. The minimum absolute atomic E-state index is 0.00229. The molecule has 22 heavy (non-hydrogen) atoms. The van der Waals surface area contributed by atoms with Gasteiger partial charge in [-0.15, -0.1) is 11.8 Å². The van der Waals surface area contributed by atoms with Crippen LogP contribution in [0.15, 0.2) is 29.2 Å². The SMILES string of the molecule is Cc1ccc(SCCNC(=O)C(C)N2CCCCCC2)cc1. The number of aryl methyl sites for hydroxylation is 1. The van der Waals surface area contributed by atoms with Crippen LogP contribution in [0, 0.1) is 6.92 Å². The van der Waals surface area contributed by atoms with Gasteiger partial charge in [0.15, 0.2) is 0 Å². The van der Waals surface area contributed by atoms with Crippen LogP contribution in [0.1, 0.15) is 38.2 Å². The molecule has 0 aliphatic carbocycles. The van der Waals surface area contributed by atoms with Gasteiger partial charge in [0.25, 0.3) is 0 Å². The van der Waals surface area contributed by atoms with E-state index in [1.165, 1.54) is 36.1 Å². The molecule has 1 atom stereocenters. The molecule has 1 aliphatic heterocycles. The molecule has 1 unspecified atom stereocenters. The molecule has 0 bridgehead atoms. The zero-order valence-corrected chi connectivity index (χ0v) is 14.6. The molecule has 3 nitrogen and oxygen atoms in total. The standard InChI is InChI=1S/C18H28N2OS/c1-15-7-9-17(10-8-15)22-14-11-19-18(21)16(2)20-12-5-3-4-6-13-20/h7-10,16H,3-6,11-14H2,1-2H3,(H,19,21). The molecule has 0 saturated carbocycles. The molecule has 2 rings (SSSR count). The lowest BCUT2D eigenvalue weighted by atomic mass is 10.2. The van der Waals surface area contributed by atoms with Crippen LogP contribution in [0.3, 0.4) is 0 Å². The first-order valence-electron chi connectivity index (χ1n) is 8.38. The highest BCUT2D eigenvalue weighted by Gasteiger charge is 2.21. The van der Waals surface area contributed by atoms with Crippen molar-refractivity contribution in [2.45, 2.75) is 50.5 Å². The molecular formula is C18H28N2OS. The number of amides is 1. The number of carbonyl (C=O) groups excluding carboxylic acids is 1. The maximum atomic E-state index is 12.2. The Kier molecular flexibility index (Phi) is 7.26. The molecule has 4 heteroatoms. The number of carbonyl (C=O) groups is 1. The van der Waals surface area contributed by atoms with Crippen molar-refractivity contribution in [2.24, 2.45) is 0 Å². The fourth-order valence-corrected chi connectivity index (χ4v) is 3.54. The summed E-state index contributed by atoms with van der Waals surface area (Å²) in [5, 5.41) is 3.08. The average Bonchev–Trinajstić information content (AvgIpc) is 2.81. The maximum absolute atomic E-state index is 12.2. The van der Waals surface area contributed by atoms with E-state index in [1.54, 1.807) is 11.8 Å². The summed E-state index contributed by atoms with van der Waals surface area (Å²) in [7, 11) is 0. The second kappa shape index (κ2) is 9.21. The molecule has 1 aromatic rings. The number of hydrogen-bond donors (Lipinski definition) is 1. The van der Waals surface area contributed by atoms with Crippen LogP contribution in [-0.4, -0.2) is 42.2 Å². The third-order valence-corrected chi connectivity index (χ3v) is 5.27. The molecule has 1 saturated heterocycles. The van der Waals surface area contributed by atoms with Crippen molar-refractivity contribution in [2.75, 3.05) is 25.4 Å². The molecule has 1 heterocycles. The normalized spacial score (nSPS) is 17.7. The first-order chi connectivity index (χ1) is 10.7. The van der Waals surface area contributed by atoms with Crippen LogP contribution in [0.25, 0.3) is 0 Å². The van der Waals surface area contributed by atoms with Gasteiger partial charge in [0, 0.05) is 17.2 Å². The minimum atomic E-state index is 0.00229. The number of nitrogens with one attached hydrogen (secondary N) is 1. The lowest BCUT2D eigenvalue weighted by Gasteiger charge is -2.26. The molecule has 0 aromatic heterocycles. The van der Waals surface area contributed by atoms with Crippen molar-refractivity contribution in [1.82, 2.24) is 10.2 Å². The molecule has 1 fully saturated rings. The van der Waals surface area contributed by atoms with Gasteiger partial charge >= 0.3 is 0 Å². The summed E-state index contributed by atoms with van der Waals surface area (Å²) < 4.78 is 0. The summed E-state index contributed by atoms with van der Waals surface area (Å²) >= 11 is 1.79. The van der Waals surface area contributed by atoms with Gasteiger partial charge in [-0.2, -0.15) is 0 Å². The Morgan fingerprint density at radius 2 is 1.82 bits per heavy atom. The van der Waals surface area contributed by atoms with Gasteiger partial charge in [0.05, 0.1) is 6.04 Å². The zero-order chi connectivity index (χ0) is 15.8.